The fourth-order valence-electron chi connectivity index (χ4n) is 2.15. The number of H-pyrrole nitrogens is 1. The third kappa shape index (κ3) is 2.61. The Morgan fingerprint density at radius 1 is 1.35 bits per heavy atom. The molecule has 0 radical (unpaired) electrons. The lowest BCUT2D eigenvalue weighted by Gasteiger charge is -2.00. The van der Waals surface area contributed by atoms with Crippen molar-refractivity contribution in [2.45, 2.75) is 6.54 Å². The van der Waals surface area contributed by atoms with Crippen LogP contribution in [0.3, 0.4) is 0 Å². The van der Waals surface area contributed by atoms with E-state index in [1.54, 1.807) is 6.07 Å². The van der Waals surface area contributed by atoms with Gasteiger partial charge in [0.1, 0.15) is 11.3 Å². The Hall–Kier alpha value is -2.62. The predicted octanol–water partition coefficient (Wildman–Crippen LogP) is 0.246. The molecule has 0 aliphatic carbocycles. The van der Waals surface area contributed by atoms with E-state index >= 15 is 0 Å². The number of amides is 1. The highest BCUT2D eigenvalue weighted by Crippen LogP contribution is 2.13. The fraction of sp³-hybridized carbons (Fsp3) is 0.231. The maximum Gasteiger partial charge on any atom is 0.332 e. The first-order valence-electron chi connectivity index (χ1n) is 6.56. The number of nitrogens with one attached hydrogen (secondary N) is 2. The Balaban J connectivity index is 1.89. The summed E-state index contributed by atoms with van der Waals surface area (Å²) < 4.78 is 7.84. The third-order valence-electron chi connectivity index (χ3n) is 3.36. The van der Waals surface area contributed by atoms with Crippen LogP contribution in [0.15, 0.2) is 30.8 Å². The summed E-state index contributed by atoms with van der Waals surface area (Å²) in [5.74, 6) is 0.0894. The summed E-state index contributed by atoms with van der Waals surface area (Å²) in [5.41, 5.74) is -0.490. The van der Waals surface area contributed by atoms with Crippen molar-refractivity contribution in [1.29, 1.82) is 0 Å². The molecule has 120 valence electrons. The number of furan rings is 1. The molecule has 0 aromatic carbocycles. The number of carbonyl (C=O) groups is 1. The van der Waals surface area contributed by atoms with Gasteiger partial charge in [-0.2, -0.15) is 0 Å². The SMILES string of the molecule is Cn1c(=O)c2[nH]c(CNC(=O)c3ccc(Br)o3)nc2n(C)c1=O. The second-order valence-corrected chi connectivity index (χ2v) is 5.66. The van der Waals surface area contributed by atoms with Gasteiger partial charge < -0.3 is 14.7 Å². The van der Waals surface area contributed by atoms with Crippen molar-refractivity contribution < 1.29 is 9.21 Å². The van der Waals surface area contributed by atoms with Gasteiger partial charge in [-0.15, -0.1) is 0 Å². The maximum atomic E-state index is 12.0. The molecule has 23 heavy (non-hydrogen) atoms. The molecule has 3 aromatic rings. The molecule has 0 saturated carbocycles. The summed E-state index contributed by atoms with van der Waals surface area (Å²) in [6, 6.07) is 3.13. The van der Waals surface area contributed by atoms with Crippen LogP contribution in [0.1, 0.15) is 16.4 Å². The molecule has 0 fully saturated rings. The second kappa shape index (κ2) is 5.54. The highest BCUT2D eigenvalue weighted by atomic mass is 79.9. The summed E-state index contributed by atoms with van der Waals surface area (Å²) in [6.07, 6.45) is 0. The summed E-state index contributed by atoms with van der Waals surface area (Å²) >= 11 is 3.11. The van der Waals surface area contributed by atoms with E-state index in [0.717, 1.165) is 4.57 Å². The standard InChI is InChI=1S/C13H12BrN5O4/c1-18-10-9(12(21)19(2)13(18)22)16-8(17-10)5-15-11(20)6-3-4-7(14)23-6/h3-4H,5H2,1-2H3,(H,15,20)(H,16,17). The van der Waals surface area contributed by atoms with Crippen LogP contribution in [-0.2, 0) is 20.6 Å². The highest BCUT2D eigenvalue weighted by Gasteiger charge is 2.15. The molecule has 0 saturated heterocycles. The predicted molar refractivity (Wildman–Crippen MR) is 84.2 cm³/mol. The number of halogens is 1. The third-order valence-corrected chi connectivity index (χ3v) is 3.78. The van der Waals surface area contributed by atoms with E-state index in [9.17, 15) is 14.4 Å². The van der Waals surface area contributed by atoms with Crippen LogP contribution >= 0.6 is 15.9 Å². The van der Waals surface area contributed by atoms with Crippen molar-refractivity contribution in [3.63, 3.8) is 0 Å². The van der Waals surface area contributed by atoms with Crippen LogP contribution < -0.4 is 16.6 Å². The smallest absolute Gasteiger partial charge is 0.332 e. The lowest BCUT2D eigenvalue weighted by Crippen LogP contribution is -2.36. The average molecular weight is 382 g/mol. The van der Waals surface area contributed by atoms with Gasteiger partial charge in [0.2, 0.25) is 0 Å². The maximum absolute atomic E-state index is 12.0. The molecule has 0 unspecified atom stereocenters. The zero-order chi connectivity index (χ0) is 16.7. The Bertz CT molecular complexity index is 1030. The largest absolute Gasteiger partial charge is 0.444 e. The molecule has 3 heterocycles. The number of hydrogen-bond acceptors (Lipinski definition) is 5. The van der Waals surface area contributed by atoms with E-state index < -0.39 is 17.2 Å². The minimum atomic E-state index is -0.469. The molecule has 0 bridgehead atoms. The van der Waals surface area contributed by atoms with Crippen LogP contribution in [-0.4, -0.2) is 25.0 Å². The molecule has 0 atom stereocenters. The van der Waals surface area contributed by atoms with Gasteiger partial charge in [-0.1, -0.05) is 0 Å². The fourth-order valence-corrected chi connectivity index (χ4v) is 2.45. The minimum absolute atomic E-state index is 0.0587. The minimum Gasteiger partial charge on any atom is -0.444 e. The van der Waals surface area contributed by atoms with Crippen molar-refractivity contribution in [2.75, 3.05) is 0 Å². The Morgan fingerprint density at radius 2 is 2.09 bits per heavy atom. The second-order valence-electron chi connectivity index (χ2n) is 4.87. The Morgan fingerprint density at radius 3 is 2.74 bits per heavy atom. The number of aromatic nitrogens is 4. The molecule has 0 spiro atoms. The topological polar surface area (TPSA) is 115 Å². The van der Waals surface area contributed by atoms with Crippen molar-refractivity contribution in [3.05, 3.63) is 49.2 Å². The molecule has 0 aliphatic heterocycles. The molecule has 3 aromatic heterocycles. The van der Waals surface area contributed by atoms with Gasteiger partial charge in [-0.25, -0.2) is 9.78 Å². The number of fused-ring (bicyclic) bond motifs is 1. The molecular weight excluding hydrogens is 370 g/mol. The molecule has 2 N–H and O–H groups in total. The summed E-state index contributed by atoms with van der Waals surface area (Å²) in [7, 11) is 2.91. The zero-order valence-corrected chi connectivity index (χ0v) is 13.8. The Kier molecular flexibility index (Phi) is 3.68. The van der Waals surface area contributed by atoms with Gasteiger partial charge >= 0.3 is 5.69 Å². The van der Waals surface area contributed by atoms with Gasteiger partial charge in [-0.3, -0.25) is 18.7 Å². The van der Waals surface area contributed by atoms with E-state index in [0.29, 0.717) is 10.5 Å². The summed E-state index contributed by atoms with van der Waals surface area (Å²) in [4.78, 5) is 42.8. The van der Waals surface area contributed by atoms with Crippen LogP contribution in [0.4, 0.5) is 0 Å². The number of carbonyl (C=O) groups excluding carboxylic acids is 1. The van der Waals surface area contributed by atoms with Crippen molar-refractivity contribution in [3.8, 4) is 0 Å². The van der Waals surface area contributed by atoms with E-state index in [-0.39, 0.29) is 23.5 Å². The van der Waals surface area contributed by atoms with Crippen LogP contribution in [0.2, 0.25) is 0 Å². The Labute approximate surface area is 137 Å². The quantitative estimate of drug-likeness (QED) is 0.674. The normalized spacial score (nSPS) is 11.1. The summed E-state index contributed by atoms with van der Waals surface area (Å²) in [5, 5.41) is 2.61. The molecule has 3 rings (SSSR count). The zero-order valence-electron chi connectivity index (χ0n) is 12.2. The monoisotopic (exact) mass is 381 g/mol. The van der Waals surface area contributed by atoms with Crippen molar-refractivity contribution >= 4 is 33.0 Å². The number of aryl methyl sites for hydroxylation is 1. The first kappa shape index (κ1) is 15.3. The van der Waals surface area contributed by atoms with E-state index in [1.807, 2.05) is 0 Å². The molecule has 0 aliphatic rings. The molecular formula is C13H12BrN5O4. The van der Waals surface area contributed by atoms with Gasteiger partial charge in [0.25, 0.3) is 11.5 Å². The van der Waals surface area contributed by atoms with Crippen LogP contribution in [0.25, 0.3) is 11.2 Å². The number of imidazole rings is 1. The number of nitrogens with zero attached hydrogens (tertiary/aromatic N) is 3. The lowest BCUT2D eigenvalue weighted by atomic mass is 10.4. The van der Waals surface area contributed by atoms with Crippen LogP contribution in [0.5, 0.6) is 0 Å². The molecule has 10 heteroatoms. The molecule has 1 amide bonds. The van der Waals surface area contributed by atoms with Crippen molar-refractivity contribution in [2.24, 2.45) is 14.1 Å². The van der Waals surface area contributed by atoms with Gasteiger partial charge in [0.15, 0.2) is 16.1 Å². The van der Waals surface area contributed by atoms with E-state index in [2.05, 4.69) is 31.2 Å². The van der Waals surface area contributed by atoms with Crippen LogP contribution in [0, 0.1) is 0 Å². The number of rotatable bonds is 3. The number of aromatic amines is 1. The first-order chi connectivity index (χ1) is 10.9. The van der Waals surface area contributed by atoms with Crippen molar-refractivity contribution in [1.82, 2.24) is 24.4 Å². The highest BCUT2D eigenvalue weighted by molar-refractivity contribution is 9.10. The van der Waals surface area contributed by atoms with E-state index in [4.69, 9.17) is 4.42 Å². The van der Waals surface area contributed by atoms with Gasteiger partial charge in [-0.05, 0) is 28.1 Å². The first-order valence-corrected chi connectivity index (χ1v) is 7.36. The van der Waals surface area contributed by atoms with E-state index in [1.165, 1.54) is 24.7 Å². The summed E-state index contributed by atoms with van der Waals surface area (Å²) in [6.45, 7) is 0.0587. The van der Waals surface area contributed by atoms with Gasteiger partial charge in [0, 0.05) is 14.1 Å². The molecule has 9 nitrogen and oxygen atoms in total. The average Bonchev–Trinajstić information content (AvgIpc) is 3.15. The number of hydrogen-bond donors (Lipinski definition) is 2. The van der Waals surface area contributed by atoms with Gasteiger partial charge in [0.05, 0.1) is 6.54 Å². The lowest BCUT2D eigenvalue weighted by molar-refractivity contribution is 0.0921.